The molecule has 7 heteroatoms. The average molecular weight is 288 g/mol. The number of aliphatic hydroxyl groups is 1. The molecule has 2 aromatic rings. The number of hydrogen-bond acceptors (Lipinski definition) is 6. The number of aliphatic hydroxyl groups excluding tert-OH is 1. The molecule has 1 amide bonds. The summed E-state index contributed by atoms with van der Waals surface area (Å²) in [6.07, 6.45) is 1.50. The first kappa shape index (κ1) is 14.7. The van der Waals surface area contributed by atoms with E-state index in [1.165, 1.54) is 6.20 Å². The number of ether oxygens (including phenoxy) is 1. The van der Waals surface area contributed by atoms with E-state index in [9.17, 15) is 4.79 Å². The lowest BCUT2D eigenvalue weighted by Gasteiger charge is -2.08. The van der Waals surface area contributed by atoms with E-state index in [1.807, 2.05) is 12.1 Å². The van der Waals surface area contributed by atoms with Crippen molar-refractivity contribution in [1.29, 1.82) is 0 Å². The summed E-state index contributed by atoms with van der Waals surface area (Å²) in [6, 6.07) is 7.21. The predicted molar refractivity (Wildman–Crippen MR) is 77.9 cm³/mol. The first-order valence-corrected chi connectivity index (χ1v) is 6.31. The van der Waals surface area contributed by atoms with Gasteiger partial charge in [-0.25, -0.2) is 9.97 Å². The van der Waals surface area contributed by atoms with Crippen molar-refractivity contribution in [2.75, 3.05) is 26.0 Å². The summed E-state index contributed by atoms with van der Waals surface area (Å²) in [5, 5.41) is 11.2. The number of anilines is 1. The topological polar surface area (TPSA) is 110 Å². The molecule has 0 spiro atoms. The molecule has 0 radical (unpaired) electrons. The van der Waals surface area contributed by atoms with Crippen LogP contribution in [-0.2, 0) is 0 Å². The lowest BCUT2D eigenvalue weighted by molar-refractivity contribution is 0.0940. The highest BCUT2D eigenvalue weighted by molar-refractivity contribution is 5.96. The third-order valence-electron chi connectivity index (χ3n) is 2.80. The van der Waals surface area contributed by atoms with Crippen LogP contribution in [0.25, 0.3) is 11.3 Å². The van der Waals surface area contributed by atoms with Gasteiger partial charge in [-0.15, -0.1) is 0 Å². The number of methoxy groups -OCH3 is 1. The summed E-state index contributed by atoms with van der Waals surface area (Å²) < 4.78 is 5.09. The van der Waals surface area contributed by atoms with E-state index in [4.69, 9.17) is 15.6 Å². The first-order valence-electron chi connectivity index (χ1n) is 6.31. The third-order valence-corrected chi connectivity index (χ3v) is 2.80. The number of nitrogens with two attached hydrogens (primary N) is 1. The van der Waals surface area contributed by atoms with Gasteiger partial charge >= 0.3 is 0 Å². The Morgan fingerprint density at radius 2 is 2.10 bits per heavy atom. The Kier molecular flexibility index (Phi) is 4.68. The van der Waals surface area contributed by atoms with Crippen LogP contribution in [0.15, 0.2) is 30.5 Å². The summed E-state index contributed by atoms with van der Waals surface area (Å²) in [5.74, 6) is 0.301. The summed E-state index contributed by atoms with van der Waals surface area (Å²) in [4.78, 5) is 20.1. The summed E-state index contributed by atoms with van der Waals surface area (Å²) >= 11 is 0. The van der Waals surface area contributed by atoms with Gasteiger partial charge in [0.05, 0.1) is 25.6 Å². The molecule has 0 aliphatic rings. The van der Waals surface area contributed by atoms with Crippen molar-refractivity contribution in [3.63, 3.8) is 0 Å². The maximum Gasteiger partial charge on any atom is 0.273 e. The molecule has 0 bridgehead atoms. The average Bonchev–Trinajstić information content (AvgIpc) is 2.53. The van der Waals surface area contributed by atoms with Gasteiger partial charge in [0.2, 0.25) is 0 Å². The minimum Gasteiger partial charge on any atom is -0.497 e. The van der Waals surface area contributed by atoms with Crippen molar-refractivity contribution in [2.45, 2.75) is 0 Å². The number of rotatable bonds is 5. The molecule has 0 unspecified atom stereocenters. The Hall–Kier alpha value is -2.67. The number of nitrogen functional groups attached to an aromatic ring is 1. The molecule has 0 atom stereocenters. The Balaban J connectivity index is 2.30. The Labute approximate surface area is 121 Å². The minimum atomic E-state index is -0.468. The molecule has 0 aliphatic heterocycles. The lowest BCUT2D eigenvalue weighted by Crippen LogP contribution is -2.28. The smallest absolute Gasteiger partial charge is 0.273 e. The van der Waals surface area contributed by atoms with Crippen LogP contribution in [-0.4, -0.2) is 41.2 Å². The maximum absolute atomic E-state index is 11.9. The molecule has 1 aromatic heterocycles. The van der Waals surface area contributed by atoms with E-state index in [2.05, 4.69) is 15.3 Å². The molecule has 7 nitrogen and oxygen atoms in total. The van der Waals surface area contributed by atoms with Gasteiger partial charge in [0, 0.05) is 12.1 Å². The number of carbonyl (C=O) groups is 1. The Morgan fingerprint density at radius 3 is 2.71 bits per heavy atom. The van der Waals surface area contributed by atoms with Gasteiger partial charge in [0.25, 0.3) is 5.91 Å². The molecular formula is C14H16N4O3. The van der Waals surface area contributed by atoms with E-state index >= 15 is 0 Å². The van der Waals surface area contributed by atoms with Crippen LogP contribution in [0.4, 0.5) is 5.82 Å². The Bertz CT molecular complexity index is 629. The quantitative estimate of drug-likeness (QED) is 0.737. The van der Waals surface area contributed by atoms with Crippen LogP contribution in [0.3, 0.4) is 0 Å². The van der Waals surface area contributed by atoms with Crippen molar-refractivity contribution >= 4 is 11.7 Å². The highest BCUT2D eigenvalue weighted by atomic mass is 16.5. The standard InChI is InChI=1S/C14H16N4O3/c1-21-10-4-2-9(3-5-10)11-8-17-13(15)12(18-11)14(20)16-6-7-19/h2-5,8,19H,6-7H2,1H3,(H2,15,17)(H,16,20). The zero-order valence-corrected chi connectivity index (χ0v) is 11.5. The second kappa shape index (κ2) is 6.67. The summed E-state index contributed by atoms with van der Waals surface area (Å²) in [7, 11) is 1.58. The second-order valence-electron chi connectivity index (χ2n) is 4.20. The molecular weight excluding hydrogens is 272 g/mol. The van der Waals surface area contributed by atoms with Crippen LogP contribution >= 0.6 is 0 Å². The number of nitrogens with zero attached hydrogens (tertiary/aromatic N) is 2. The minimum absolute atomic E-state index is 0.0387. The van der Waals surface area contributed by atoms with E-state index in [1.54, 1.807) is 19.2 Å². The zero-order chi connectivity index (χ0) is 15.2. The van der Waals surface area contributed by atoms with Gasteiger partial charge in [-0.3, -0.25) is 4.79 Å². The van der Waals surface area contributed by atoms with Crippen molar-refractivity contribution in [2.24, 2.45) is 0 Å². The van der Waals surface area contributed by atoms with E-state index < -0.39 is 5.91 Å². The molecule has 1 heterocycles. The van der Waals surface area contributed by atoms with Gasteiger partial charge in [0.1, 0.15) is 5.75 Å². The Morgan fingerprint density at radius 1 is 1.38 bits per heavy atom. The molecule has 21 heavy (non-hydrogen) atoms. The van der Waals surface area contributed by atoms with Crippen molar-refractivity contribution in [3.8, 4) is 17.0 Å². The number of amides is 1. The third kappa shape index (κ3) is 3.46. The zero-order valence-electron chi connectivity index (χ0n) is 11.5. The number of carbonyl (C=O) groups excluding carboxylic acids is 1. The number of hydrogen-bond donors (Lipinski definition) is 3. The highest BCUT2D eigenvalue weighted by Crippen LogP contribution is 2.21. The van der Waals surface area contributed by atoms with E-state index in [0.29, 0.717) is 5.69 Å². The lowest BCUT2D eigenvalue weighted by atomic mass is 10.1. The molecule has 1 aromatic carbocycles. The fourth-order valence-electron chi connectivity index (χ4n) is 1.72. The van der Waals surface area contributed by atoms with Crippen molar-refractivity contribution < 1.29 is 14.6 Å². The summed E-state index contributed by atoms with van der Waals surface area (Å²) in [6.45, 7) is -0.0238. The van der Waals surface area contributed by atoms with Crippen LogP contribution in [0.1, 0.15) is 10.5 Å². The van der Waals surface area contributed by atoms with Crippen molar-refractivity contribution in [1.82, 2.24) is 15.3 Å². The number of nitrogens with one attached hydrogen (secondary N) is 1. The van der Waals surface area contributed by atoms with Gasteiger partial charge in [0.15, 0.2) is 11.5 Å². The van der Waals surface area contributed by atoms with Gasteiger partial charge in [-0.1, -0.05) is 0 Å². The summed E-state index contributed by atoms with van der Waals surface area (Å²) in [5.41, 5.74) is 7.03. The van der Waals surface area contributed by atoms with Crippen LogP contribution in [0.2, 0.25) is 0 Å². The number of benzene rings is 1. The largest absolute Gasteiger partial charge is 0.497 e. The molecule has 2 rings (SSSR count). The van der Waals surface area contributed by atoms with Crippen molar-refractivity contribution in [3.05, 3.63) is 36.2 Å². The van der Waals surface area contributed by atoms with E-state index in [-0.39, 0.29) is 24.7 Å². The monoisotopic (exact) mass is 288 g/mol. The highest BCUT2D eigenvalue weighted by Gasteiger charge is 2.14. The van der Waals surface area contributed by atoms with Gasteiger partial charge < -0.3 is 20.9 Å². The number of aromatic nitrogens is 2. The second-order valence-corrected chi connectivity index (χ2v) is 4.20. The van der Waals surface area contributed by atoms with Crippen LogP contribution in [0, 0.1) is 0 Å². The normalized spacial score (nSPS) is 10.2. The van der Waals surface area contributed by atoms with Gasteiger partial charge in [-0.05, 0) is 24.3 Å². The SMILES string of the molecule is COc1ccc(-c2cnc(N)c(C(=O)NCCO)n2)cc1. The molecule has 0 aliphatic carbocycles. The molecule has 4 N–H and O–H groups in total. The molecule has 0 fully saturated rings. The van der Waals surface area contributed by atoms with Gasteiger partial charge in [-0.2, -0.15) is 0 Å². The first-order chi connectivity index (χ1) is 10.2. The fraction of sp³-hybridized carbons (Fsp3) is 0.214. The predicted octanol–water partition coefficient (Wildman–Crippen LogP) is 0.456. The molecule has 0 saturated heterocycles. The van der Waals surface area contributed by atoms with Crippen LogP contribution in [0.5, 0.6) is 5.75 Å². The fourth-order valence-corrected chi connectivity index (χ4v) is 1.72. The van der Waals surface area contributed by atoms with Crippen LogP contribution < -0.4 is 15.8 Å². The van der Waals surface area contributed by atoms with E-state index in [0.717, 1.165) is 11.3 Å². The molecule has 110 valence electrons. The maximum atomic E-state index is 11.9. The molecule has 0 saturated carbocycles.